The summed E-state index contributed by atoms with van der Waals surface area (Å²) in [5.74, 6) is -3.98. The first-order valence-electron chi connectivity index (χ1n) is 7.35. The molecule has 0 saturated heterocycles. The monoisotopic (exact) mass is 372 g/mol. The Kier molecular flexibility index (Phi) is 5.28. The summed E-state index contributed by atoms with van der Waals surface area (Å²) in [4.78, 5) is 43.4. The predicted octanol–water partition coefficient (Wildman–Crippen LogP) is 1.14. The molecule has 0 aliphatic rings. The van der Waals surface area contributed by atoms with E-state index in [4.69, 9.17) is 0 Å². The minimum Gasteiger partial charge on any atom is -0.467 e. The molecule has 0 spiro atoms. The maximum Gasteiger partial charge on any atom is 0.471 e. The second-order valence-corrected chi connectivity index (χ2v) is 5.49. The zero-order valence-corrected chi connectivity index (χ0v) is 14.0. The summed E-state index contributed by atoms with van der Waals surface area (Å²) in [5, 5.41) is 1.47. The van der Waals surface area contributed by atoms with Gasteiger partial charge in [0.05, 0.1) is 13.3 Å². The summed E-state index contributed by atoms with van der Waals surface area (Å²) >= 11 is 0. The average Bonchev–Trinajstić information content (AvgIpc) is 2.96. The smallest absolute Gasteiger partial charge is 0.467 e. The highest BCUT2D eigenvalue weighted by molar-refractivity contribution is 5.99. The molecular weight excluding hydrogens is 357 g/mol. The fourth-order valence-corrected chi connectivity index (χ4v) is 2.39. The van der Waals surface area contributed by atoms with Crippen LogP contribution in [0.4, 0.5) is 13.2 Å². The van der Waals surface area contributed by atoms with Crippen LogP contribution in [0.25, 0.3) is 5.78 Å². The zero-order chi connectivity index (χ0) is 19.6. The SMILES string of the molecule is COC(=O)[C@H](CC(=O)c1cnc2nc(C)cc(C)n12)NC(=O)C(F)(F)F. The molecule has 0 bridgehead atoms. The molecule has 8 nitrogen and oxygen atoms in total. The first-order chi connectivity index (χ1) is 12.0. The van der Waals surface area contributed by atoms with Gasteiger partial charge in [0, 0.05) is 17.8 Å². The molecule has 2 rings (SSSR count). The normalized spacial score (nSPS) is 12.7. The van der Waals surface area contributed by atoms with Crippen LogP contribution in [0.3, 0.4) is 0 Å². The largest absolute Gasteiger partial charge is 0.471 e. The number of ketones is 1. The molecule has 11 heteroatoms. The number of hydrogen-bond donors (Lipinski definition) is 1. The lowest BCUT2D eigenvalue weighted by molar-refractivity contribution is -0.175. The molecule has 2 heterocycles. The van der Waals surface area contributed by atoms with Gasteiger partial charge in [0.1, 0.15) is 11.7 Å². The molecule has 0 aliphatic carbocycles. The zero-order valence-electron chi connectivity index (χ0n) is 14.0. The van der Waals surface area contributed by atoms with Crippen molar-refractivity contribution in [2.45, 2.75) is 32.5 Å². The van der Waals surface area contributed by atoms with Crippen LogP contribution in [0.2, 0.25) is 0 Å². The molecule has 1 amide bonds. The molecule has 2 aromatic rings. The molecule has 1 atom stereocenters. The first-order valence-corrected chi connectivity index (χ1v) is 7.35. The molecule has 2 aromatic heterocycles. The van der Waals surface area contributed by atoms with E-state index in [-0.39, 0.29) is 11.5 Å². The van der Waals surface area contributed by atoms with Crippen molar-refractivity contribution in [1.29, 1.82) is 0 Å². The van der Waals surface area contributed by atoms with Gasteiger partial charge in [-0.15, -0.1) is 0 Å². The number of esters is 1. The first kappa shape index (κ1) is 19.3. The second kappa shape index (κ2) is 7.10. The number of aromatic nitrogens is 3. The van der Waals surface area contributed by atoms with Crippen LogP contribution in [0.5, 0.6) is 0 Å². The van der Waals surface area contributed by atoms with Gasteiger partial charge in [0.2, 0.25) is 5.78 Å². The summed E-state index contributed by atoms with van der Waals surface area (Å²) in [5.41, 5.74) is 1.33. The van der Waals surface area contributed by atoms with Crippen molar-refractivity contribution >= 4 is 23.4 Å². The summed E-state index contributed by atoms with van der Waals surface area (Å²) < 4.78 is 43.0. The van der Waals surface area contributed by atoms with Crippen LogP contribution >= 0.6 is 0 Å². The van der Waals surface area contributed by atoms with E-state index in [1.165, 1.54) is 15.9 Å². The lowest BCUT2D eigenvalue weighted by atomic mass is 10.1. The molecule has 0 fully saturated rings. The number of nitrogens with zero attached hydrogens (tertiary/aromatic N) is 3. The third-order valence-corrected chi connectivity index (χ3v) is 3.51. The highest BCUT2D eigenvalue weighted by atomic mass is 19.4. The number of aryl methyl sites for hydroxylation is 2. The number of carbonyl (C=O) groups excluding carboxylic acids is 3. The number of methoxy groups -OCH3 is 1. The maximum atomic E-state index is 12.5. The Morgan fingerprint density at radius 1 is 1.31 bits per heavy atom. The number of amides is 1. The van der Waals surface area contributed by atoms with Crippen molar-refractivity contribution in [3.8, 4) is 0 Å². The van der Waals surface area contributed by atoms with Gasteiger partial charge in [-0.05, 0) is 19.9 Å². The Morgan fingerprint density at radius 2 is 1.96 bits per heavy atom. The number of imidazole rings is 1. The molecule has 1 N–H and O–H groups in total. The van der Waals surface area contributed by atoms with Crippen molar-refractivity contribution in [3.63, 3.8) is 0 Å². The van der Waals surface area contributed by atoms with Crippen molar-refractivity contribution in [2.24, 2.45) is 0 Å². The van der Waals surface area contributed by atoms with E-state index in [2.05, 4.69) is 14.7 Å². The van der Waals surface area contributed by atoms with Crippen LogP contribution < -0.4 is 5.32 Å². The molecule has 0 saturated carbocycles. The van der Waals surface area contributed by atoms with E-state index in [0.717, 1.165) is 7.11 Å². The summed E-state index contributed by atoms with van der Waals surface area (Å²) in [7, 11) is 0.935. The van der Waals surface area contributed by atoms with Crippen molar-refractivity contribution < 1.29 is 32.3 Å². The van der Waals surface area contributed by atoms with Gasteiger partial charge in [-0.3, -0.25) is 14.0 Å². The average molecular weight is 372 g/mol. The van der Waals surface area contributed by atoms with Crippen molar-refractivity contribution in [1.82, 2.24) is 19.7 Å². The molecule has 0 aliphatic heterocycles. The van der Waals surface area contributed by atoms with E-state index in [0.29, 0.717) is 11.4 Å². The van der Waals surface area contributed by atoms with Crippen LogP contribution in [-0.2, 0) is 14.3 Å². The minimum atomic E-state index is -5.20. The van der Waals surface area contributed by atoms with E-state index in [9.17, 15) is 27.6 Å². The summed E-state index contributed by atoms with van der Waals surface area (Å²) in [6, 6.07) is -0.0970. The van der Waals surface area contributed by atoms with Crippen molar-refractivity contribution in [2.75, 3.05) is 7.11 Å². The van der Waals surface area contributed by atoms with Gasteiger partial charge in [0.25, 0.3) is 0 Å². The fourth-order valence-electron chi connectivity index (χ4n) is 2.39. The number of alkyl halides is 3. The lowest BCUT2D eigenvalue weighted by Gasteiger charge is -2.17. The van der Waals surface area contributed by atoms with Crippen LogP contribution in [0.1, 0.15) is 28.3 Å². The molecular formula is C15H15F3N4O4. The predicted molar refractivity (Wildman–Crippen MR) is 81.4 cm³/mol. The number of Topliss-reactive ketones (excluding diaryl/α,β-unsaturated/α-hetero) is 1. The van der Waals surface area contributed by atoms with Gasteiger partial charge in [-0.1, -0.05) is 0 Å². The van der Waals surface area contributed by atoms with E-state index < -0.39 is 36.3 Å². The van der Waals surface area contributed by atoms with Gasteiger partial charge < -0.3 is 10.1 Å². The quantitative estimate of drug-likeness (QED) is 0.624. The topological polar surface area (TPSA) is 103 Å². The molecule has 0 unspecified atom stereocenters. The molecule has 0 aromatic carbocycles. The summed E-state index contributed by atoms with van der Waals surface area (Å²) in [6.07, 6.45) is -4.72. The number of ether oxygens (including phenoxy) is 1. The number of carbonyl (C=O) groups is 3. The maximum absolute atomic E-state index is 12.5. The van der Waals surface area contributed by atoms with Gasteiger partial charge >= 0.3 is 18.1 Å². The van der Waals surface area contributed by atoms with Crippen LogP contribution in [0.15, 0.2) is 12.3 Å². The number of hydrogen-bond acceptors (Lipinski definition) is 6. The van der Waals surface area contributed by atoms with E-state index in [1.807, 2.05) is 0 Å². The number of nitrogens with one attached hydrogen (secondary N) is 1. The number of halogens is 3. The van der Waals surface area contributed by atoms with Crippen LogP contribution in [-0.4, -0.2) is 51.4 Å². The minimum absolute atomic E-state index is 0.0279. The highest BCUT2D eigenvalue weighted by Crippen LogP contribution is 2.17. The molecule has 0 radical (unpaired) electrons. The Labute approximate surface area is 145 Å². The highest BCUT2D eigenvalue weighted by Gasteiger charge is 2.41. The summed E-state index contributed by atoms with van der Waals surface area (Å²) in [6.45, 7) is 3.44. The van der Waals surface area contributed by atoms with Gasteiger partial charge in [-0.2, -0.15) is 13.2 Å². The molecule has 140 valence electrons. The van der Waals surface area contributed by atoms with Gasteiger partial charge in [0.15, 0.2) is 5.78 Å². The number of rotatable bonds is 5. The Balaban J connectivity index is 2.30. The Hall–Kier alpha value is -2.98. The fraction of sp³-hybridized carbons (Fsp3) is 0.400. The van der Waals surface area contributed by atoms with E-state index in [1.54, 1.807) is 19.9 Å². The Morgan fingerprint density at radius 3 is 2.54 bits per heavy atom. The van der Waals surface area contributed by atoms with Gasteiger partial charge in [-0.25, -0.2) is 14.8 Å². The standard InChI is InChI=1S/C15H15F3N4O4/c1-7-4-8(2)22-10(6-19-14(22)20-7)11(23)5-9(12(24)26-3)21-13(25)15(16,17)18/h4,6,9H,5H2,1-3H3,(H,21,25)/t9-/m0/s1. The molecule has 26 heavy (non-hydrogen) atoms. The third kappa shape index (κ3) is 3.98. The lowest BCUT2D eigenvalue weighted by Crippen LogP contribution is -2.48. The van der Waals surface area contributed by atoms with Crippen molar-refractivity contribution in [3.05, 3.63) is 29.3 Å². The second-order valence-electron chi connectivity index (χ2n) is 5.49. The van der Waals surface area contributed by atoms with Crippen LogP contribution in [0, 0.1) is 13.8 Å². The number of fused-ring (bicyclic) bond motifs is 1. The third-order valence-electron chi connectivity index (χ3n) is 3.51. The van der Waals surface area contributed by atoms with E-state index >= 15 is 0 Å². The Bertz CT molecular complexity index is 876.